The maximum absolute atomic E-state index is 11.7. The second kappa shape index (κ2) is 7.33. The van der Waals surface area contributed by atoms with Crippen molar-refractivity contribution in [1.29, 1.82) is 0 Å². The van der Waals surface area contributed by atoms with Crippen molar-refractivity contribution in [1.82, 2.24) is 0 Å². The van der Waals surface area contributed by atoms with Crippen molar-refractivity contribution in [2.24, 2.45) is 5.92 Å². The van der Waals surface area contributed by atoms with Crippen molar-refractivity contribution in [2.75, 3.05) is 13.2 Å². The van der Waals surface area contributed by atoms with E-state index in [1.54, 1.807) is 6.07 Å². The number of nitrogens with zero attached hydrogens (tertiary/aromatic N) is 1. The van der Waals surface area contributed by atoms with Crippen molar-refractivity contribution in [3.8, 4) is 5.75 Å². The lowest BCUT2D eigenvalue weighted by Gasteiger charge is -2.23. The van der Waals surface area contributed by atoms with Crippen LogP contribution >= 0.6 is 0 Å². The molecule has 0 bridgehead atoms. The Morgan fingerprint density at radius 3 is 2.68 bits per heavy atom. The quantitative estimate of drug-likeness (QED) is 0.359. The highest BCUT2D eigenvalue weighted by molar-refractivity contribution is 5.74. The number of carbonyl (C=O) groups is 1. The Bertz CT molecular complexity index is 551. The van der Waals surface area contributed by atoms with Gasteiger partial charge in [-0.05, 0) is 24.5 Å². The van der Waals surface area contributed by atoms with Gasteiger partial charge in [-0.25, -0.2) is 0 Å². The van der Waals surface area contributed by atoms with Crippen LogP contribution in [0.5, 0.6) is 5.75 Å². The van der Waals surface area contributed by atoms with Crippen LogP contribution in [-0.2, 0) is 14.3 Å². The number of hydrogen-bond donors (Lipinski definition) is 0. The summed E-state index contributed by atoms with van der Waals surface area (Å²) in [5.74, 6) is -0.430. The first-order valence-corrected chi connectivity index (χ1v) is 7.19. The van der Waals surface area contributed by atoms with E-state index in [4.69, 9.17) is 14.2 Å². The maximum Gasteiger partial charge on any atom is 0.312 e. The van der Waals surface area contributed by atoms with E-state index in [-0.39, 0.29) is 23.8 Å². The molecule has 1 aliphatic rings. The van der Waals surface area contributed by atoms with Crippen LogP contribution in [0.15, 0.2) is 18.2 Å². The van der Waals surface area contributed by atoms with Gasteiger partial charge in [-0.3, -0.25) is 14.9 Å². The fourth-order valence-corrected chi connectivity index (χ4v) is 2.09. The molecule has 0 atom stereocenters. The molecule has 0 spiro atoms. The molecule has 0 aliphatic carbocycles. The molecular weight excluding hydrogens is 290 g/mol. The lowest BCUT2D eigenvalue weighted by molar-refractivity contribution is -0.385. The van der Waals surface area contributed by atoms with Crippen LogP contribution in [0.2, 0.25) is 0 Å². The summed E-state index contributed by atoms with van der Waals surface area (Å²) in [5.41, 5.74) is 0.266. The molecule has 0 aromatic heterocycles. The highest BCUT2D eigenvalue weighted by atomic mass is 16.7. The monoisotopic (exact) mass is 309 g/mol. The van der Waals surface area contributed by atoms with E-state index in [2.05, 4.69) is 0 Å². The summed E-state index contributed by atoms with van der Waals surface area (Å²) >= 11 is 0. The molecule has 1 aliphatic heterocycles. The number of hydrogen-bond acceptors (Lipinski definition) is 6. The number of carbonyl (C=O) groups excluding carboxylic acids is 1. The molecule has 1 saturated heterocycles. The topological polar surface area (TPSA) is 87.9 Å². The van der Waals surface area contributed by atoms with E-state index in [1.165, 1.54) is 12.1 Å². The van der Waals surface area contributed by atoms with Gasteiger partial charge in [0.15, 0.2) is 6.29 Å². The van der Waals surface area contributed by atoms with Crippen molar-refractivity contribution >= 4 is 11.7 Å². The molecule has 1 fully saturated rings. The molecule has 0 radical (unpaired) electrons. The maximum atomic E-state index is 11.7. The minimum atomic E-state index is -0.618. The largest absolute Gasteiger partial charge is 0.419 e. The average molecular weight is 309 g/mol. The van der Waals surface area contributed by atoms with Crippen LogP contribution in [0.25, 0.3) is 0 Å². The number of ether oxygens (including phenoxy) is 3. The fourth-order valence-electron chi connectivity index (χ4n) is 2.09. The van der Waals surface area contributed by atoms with Crippen LogP contribution < -0.4 is 4.74 Å². The Morgan fingerprint density at radius 2 is 2.09 bits per heavy atom. The van der Waals surface area contributed by atoms with Gasteiger partial charge < -0.3 is 14.2 Å². The normalized spacial score (nSPS) is 15.8. The molecule has 0 amide bonds. The summed E-state index contributed by atoms with van der Waals surface area (Å²) in [4.78, 5) is 22.3. The second-order valence-electron chi connectivity index (χ2n) is 5.48. The Hall–Kier alpha value is -1.99. The van der Waals surface area contributed by atoms with Crippen molar-refractivity contribution in [3.05, 3.63) is 33.9 Å². The first-order valence-electron chi connectivity index (χ1n) is 7.19. The summed E-state index contributed by atoms with van der Waals surface area (Å²) in [5, 5.41) is 11.2. The van der Waals surface area contributed by atoms with E-state index in [0.29, 0.717) is 18.8 Å². The van der Waals surface area contributed by atoms with Gasteiger partial charge in [0.1, 0.15) is 0 Å². The molecular formula is C15H19NO6. The fraction of sp³-hybridized carbons (Fsp3) is 0.533. The zero-order chi connectivity index (χ0) is 16.1. The highest BCUT2D eigenvalue weighted by Gasteiger charge is 2.24. The Labute approximate surface area is 128 Å². The predicted molar refractivity (Wildman–Crippen MR) is 77.4 cm³/mol. The highest BCUT2D eigenvalue weighted by Crippen LogP contribution is 2.33. The molecule has 120 valence electrons. The van der Waals surface area contributed by atoms with Crippen LogP contribution in [0.4, 0.5) is 5.69 Å². The molecule has 7 nitrogen and oxygen atoms in total. The average Bonchev–Trinajstić information content (AvgIpc) is 2.47. The summed E-state index contributed by atoms with van der Waals surface area (Å²) in [6.07, 6.45) is 0.380. The van der Waals surface area contributed by atoms with Crippen LogP contribution in [0.1, 0.15) is 38.5 Å². The number of nitro groups is 1. The number of rotatable bonds is 5. The molecule has 22 heavy (non-hydrogen) atoms. The molecule has 1 heterocycles. The summed E-state index contributed by atoms with van der Waals surface area (Å²) in [7, 11) is 0. The Morgan fingerprint density at radius 1 is 1.41 bits per heavy atom. The van der Waals surface area contributed by atoms with E-state index in [0.717, 1.165) is 6.42 Å². The molecule has 7 heteroatoms. The standard InChI is InChI=1S/C15H19NO6/c1-10(2)8-14(17)22-13-5-4-11(9-12(13)16(18)19)15-20-6-3-7-21-15/h4-5,9-10,15H,3,6-8H2,1-2H3. The van der Waals surface area contributed by atoms with E-state index in [9.17, 15) is 14.9 Å². The summed E-state index contributed by atoms with van der Waals surface area (Å²) in [6.45, 7) is 4.83. The summed E-state index contributed by atoms with van der Waals surface area (Å²) in [6, 6.07) is 4.35. The summed E-state index contributed by atoms with van der Waals surface area (Å²) < 4.78 is 15.9. The third-order valence-corrected chi connectivity index (χ3v) is 3.08. The molecule has 0 N–H and O–H groups in total. The predicted octanol–water partition coefficient (Wildman–Crippen LogP) is 2.98. The first kappa shape index (κ1) is 16.4. The van der Waals surface area contributed by atoms with Gasteiger partial charge in [0.2, 0.25) is 5.75 Å². The molecule has 0 unspecified atom stereocenters. The molecule has 1 aromatic rings. The van der Waals surface area contributed by atoms with Crippen LogP contribution in [0.3, 0.4) is 0 Å². The molecule has 0 saturated carbocycles. The van der Waals surface area contributed by atoms with Gasteiger partial charge in [-0.1, -0.05) is 13.8 Å². The Kier molecular flexibility index (Phi) is 5.46. The zero-order valence-electron chi connectivity index (χ0n) is 12.6. The number of benzene rings is 1. The van der Waals surface area contributed by atoms with Crippen molar-refractivity contribution < 1.29 is 23.9 Å². The van der Waals surface area contributed by atoms with Crippen molar-refractivity contribution in [2.45, 2.75) is 33.0 Å². The SMILES string of the molecule is CC(C)CC(=O)Oc1ccc(C2OCCCO2)cc1[N+](=O)[O-]. The Balaban J connectivity index is 2.19. The van der Waals surface area contributed by atoms with Gasteiger partial charge in [0, 0.05) is 18.1 Å². The van der Waals surface area contributed by atoms with E-state index < -0.39 is 17.2 Å². The van der Waals surface area contributed by atoms with Gasteiger partial charge >= 0.3 is 11.7 Å². The lowest BCUT2D eigenvalue weighted by Crippen LogP contribution is -2.18. The smallest absolute Gasteiger partial charge is 0.312 e. The van der Waals surface area contributed by atoms with Crippen molar-refractivity contribution in [3.63, 3.8) is 0 Å². The molecule has 1 aromatic carbocycles. The van der Waals surface area contributed by atoms with Gasteiger partial charge in [-0.2, -0.15) is 0 Å². The number of nitro benzene ring substituents is 1. The first-order chi connectivity index (χ1) is 10.5. The molecule has 2 rings (SSSR count). The zero-order valence-corrected chi connectivity index (χ0v) is 12.6. The third-order valence-electron chi connectivity index (χ3n) is 3.08. The van der Waals surface area contributed by atoms with E-state index >= 15 is 0 Å². The third kappa shape index (κ3) is 4.25. The van der Waals surface area contributed by atoms with Crippen LogP contribution in [0, 0.1) is 16.0 Å². The number of esters is 1. The lowest BCUT2D eigenvalue weighted by atomic mass is 10.1. The van der Waals surface area contributed by atoms with E-state index in [1.807, 2.05) is 13.8 Å². The van der Waals surface area contributed by atoms with Gasteiger partial charge in [0.25, 0.3) is 0 Å². The minimum absolute atomic E-state index is 0.0600. The van der Waals surface area contributed by atoms with Gasteiger partial charge in [0.05, 0.1) is 18.1 Å². The van der Waals surface area contributed by atoms with Crippen LogP contribution in [-0.4, -0.2) is 24.1 Å². The minimum Gasteiger partial charge on any atom is -0.419 e. The second-order valence-corrected chi connectivity index (χ2v) is 5.48. The van der Waals surface area contributed by atoms with Gasteiger partial charge in [-0.15, -0.1) is 0 Å².